The van der Waals surface area contributed by atoms with E-state index in [-0.39, 0.29) is 5.69 Å². The number of halogens is 2. The summed E-state index contributed by atoms with van der Waals surface area (Å²) in [6.07, 6.45) is 1.56. The van der Waals surface area contributed by atoms with E-state index in [0.29, 0.717) is 17.1 Å². The van der Waals surface area contributed by atoms with Gasteiger partial charge in [0.05, 0.1) is 0 Å². The van der Waals surface area contributed by atoms with Gasteiger partial charge in [-0.05, 0) is 24.6 Å². The van der Waals surface area contributed by atoms with Gasteiger partial charge >= 0.3 is 0 Å². The van der Waals surface area contributed by atoms with Gasteiger partial charge in [-0.2, -0.15) is 0 Å². The topological polar surface area (TPSA) is 37.0 Å². The molecule has 2 N–H and O–H groups in total. The molecular formula is C13H13F2N3. The average Bonchev–Trinajstić information content (AvgIpc) is 2.39. The first-order chi connectivity index (χ1) is 8.61. The number of hydrogen-bond donors (Lipinski definition) is 2. The van der Waals surface area contributed by atoms with E-state index in [1.165, 1.54) is 12.1 Å². The minimum Gasteiger partial charge on any atom is -0.373 e. The average molecular weight is 249 g/mol. The maximum Gasteiger partial charge on any atom is 0.152 e. The van der Waals surface area contributed by atoms with Gasteiger partial charge in [-0.25, -0.2) is 13.8 Å². The lowest BCUT2D eigenvalue weighted by atomic mass is 10.2. The van der Waals surface area contributed by atoms with Gasteiger partial charge < -0.3 is 10.6 Å². The molecule has 0 saturated carbocycles. The van der Waals surface area contributed by atoms with E-state index < -0.39 is 11.6 Å². The van der Waals surface area contributed by atoms with Crippen LogP contribution < -0.4 is 10.6 Å². The number of rotatable bonds is 3. The molecule has 94 valence electrons. The molecule has 2 aromatic rings. The van der Waals surface area contributed by atoms with Crippen LogP contribution in [-0.4, -0.2) is 12.0 Å². The molecule has 18 heavy (non-hydrogen) atoms. The minimum absolute atomic E-state index is 0.150. The van der Waals surface area contributed by atoms with Crippen LogP contribution in [0.5, 0.6) is 0 Å². The molecule has 3 nitrogen and oxygen atoms in total. The van der Waals surface area contributed by atoms with Crippen LogP contribution in [0.1, 0.15) is 5.56 Å². The molecule has 0 radical (unpaired) electrons. The smallest absolute Gasteiger partial charge is 0.152 e. The highest BCUT2D eigenvalue weighted by molar-refractivity contribution is 5.64. The van der Waals surface area contributed by atoms with Crippen LogP contribution in [0.25, 0.3) is 0 Å². The van der Waals surface area contributed by atoms with Gasteiger partial charge in [0.2, 0.25) is 0 Å². The van der Waals surface area contributed by atoms with E-state index in [1.54, 1.807) is 32.3 Å². The zero-order valence-electron chi connectivity index (χ0n) is 10.1. The number of anilines is 3. The van der Waals surface area contributed by atoms with Crippen molar-refractivity contribution in [1.29, 1.82) is 0 Å². The third kappa shape index (κ3) is 2.40. The number of benzene rings is 1. The van der Waals surface area contributed by atoms with E-state index in [9.17, 15) is 8.78 Å². The summed E-state index contributed by atoms with van der Waals surface area (Å²) >= 11 is 0. The lowest BCUT2D eigenvalue weighted by molar-refractivity contribution is 0.585. The normalized spacial score (nSPS) is 10.2. The Bertz CT molecular complexity index is 570. The molecule has 2 rings (SSSR count). The molecule has 0 bridgehead atoms. The highest BCUT2D eigenvalue weighted by atomic mass is 19.1. The number of pyridine rings is 1. The van der Waals surface area contributed by atoms with Gasteiger partial charge in [-0.15, -0.1) is 0 Å². The third-order valence-electron chi connectivity index (χ3n) is 2.57. The monoisotopic (exact) mass is 249 g/mol. The van der Waals surface area contributed by atoms with E-state index in [4.69, 9.17) is 0 Å². The predicted octanol–water partition coefficient (Wildman–Crippen LogP) is 3.45. The second-order valence-corrected chi connectivity index (χ2v) is 3.86. The van der Waals surface area contributed by atoms with Gasteiger partial charge in [-0.1, -0.05) is 6.07 Å². The second-order valence-electron chi connectivity index (χ2n) is 3.86. The Hall–Kier alpha value is -2.17. The molecule has 1 aromatic carbocycles. The largest absolute Gasteiger partial charge is 0.373 e. The van der Waals surface area contributed by atoms with Crippen molar-refractivity contribution in [2.24, 2.45) is 0 Å². The van der Waals surface area contributed by atoms with Crippen LogP contribution in [0, 0.1) is 18.6 Å². The van der Waals surface area contributed by atoms with Crippen molar-refractivity contribution in [3.05, 3.63) is 47.7 Å². The number of aromatic nitrogens is 1. The number of hydrogen-bond acceptors (Lipinski definition) is 3. The Labute approximate surface area is 104 Å². The van der Waals surface area contributed by atoms with Crippen molar-refractivity contribution in [3.8, 4) is 0 Å². The fraction of sp³-hybridized carbons (Fsp3) is 0.154. The first-order valence-electron chi connectivity index (χ1n) is 5.47. The Morgan fingerprint density at radius 2 is 1.94 bits per heavy atom. The highest BCUT2D eigenvalue weighted by Crippen LogP contribution is 2.26. The summed E-state index contributed by atoms with van der Waals surface area (Å²) in [6, 6.07) is 5.95. The maximum atomic E-state index is 13.8. The minimum atomic E-state index is -0.624. The second kappa shape index (κ2) is 5.00. The summed E-state index contributed by atoms with van der Waals surface area (Å²) in [5.74, 6) is -0.591. The summed E-state index contributed by atoms with van der Waals surface area (Å²) in [4.78, 5) is 4.02. The van der Waals surface area contributed by atoms with Crippen molar-refractivity contribution in [3.63, 3.8) is 0 Å². The number of nitrogens with one attached hydrogen (secondary N) is 2. The molecule has 0 aliphatic heterocycles. The van der Waals surface area contributed by atoms with Crippen LogP contribution >= 0.6 is 0 Å². The van der Waals surface area contributed by atoms with Crippen LogP contribution in [0.15, 0.2) is 30.5 Å². The molecule has 0 fully saturated rings. The Morgan fingerprint density at radius 1 is 1.17 bits per heavy atom. The fourth-order valence-corrected chi connectivity index (χ4v) is 1.56. The van der Waals surface area contributed by atoms with E-state index in [0.717, 1.165) is 0 Å². The van der Waals surface area contributed by atoms with E-state index in [1.807, 2.05) is 0 Å². The first kappa shape index (κ1) is 12.3. The fourth-order valence-electron chi connectivity index (χ4n) is 1.56. The summed E-state index contributed by atoms with van der Waals surface area (Å²) in [5, 5.41) is 5.58. The summed E-state index contributed by atoms with van der Waals surface area (Å²) in [7, 11) is 1.72. The third-order valence-corrected chi connectivity index (χ3v) is 2.57. The Balaban J connectivity index is 2.36. The zero-order chi connectivity index (χ0) is 13.1. The van der Waals surface area contributed by atoms with Crippen LogP contribution in [0.2, 0.25) is 0 Å². The summed E-state index contributed by atoms with van der Waals surface area (Å²) < 4.78 is 27.4. The van der Waals surface area contributed by atoms with Gasteiger partial charge in [0.25, 0.3) is 0 Å². The molecule has 5 heteroatoms. The van der Waals surface area contributed by atoms with Gasteiger partial charge in [0.15, 0.2) is 5.82 Å². The van der Waals surface area contributed by atoms with E-state index >= 15 is 0 Å². The molecule has 0 amide bonds. The number of aryl methyl sites for hydroxylation is 1. The lowest BCUT2D eigenvalue weighted by Gasteiger charge is -2.11. The highest BCUT2D eigenvalue weighted by Gasteiger charge is 2.11. The van der Waals surface area contributed by atoms with Crippen molar-refractivity contribution in [2.45, 2.75) is 6.92 Å². The molecular weight excluding hydrogens is 236 g/mol. The van der Waals surface area contributed by atoms with Crippen LogP contribution in [0.3, 0.4) is 0 Å². The summed E-state index contributed by atoms with van der Waals surface area (Å²) in [5.41, 5.74) is 0.808. The lowest BCUT2D eigenvalue weighted by Crippen LogP contribution is -2.00. The molecule has 0 aliphatic rings. The molecule has 1 aromatic heterocycles. The SMILES string of the molecule is CNc1cc(Nc2c(F)ccc(C)c2F)ccn1. The van der Waals surface area contributed by atoms with E-state index in [2.05, 4.69) is 15.6 Å². The quantitative estimate of drug-likeness (QED) is 0.874. The van der Waals surface area contributed by atoms with Gasteiger partial charge in [0, 0.05) is 25.0 Å². The maximum absolute atomic E-state index is 13.8. The first-order valence-corrected chi connectivity index (χ1v) is 5.47. The van der Waals surface area contributed by atoms with Crippen molar-refractivity contribution >= 4 is 17.2 Å². The van der Waals surface area contributed by atoms with Crippen LogP contribution in [-0.2, 0) is 0 Å². The molecule has 1 heterocycles. The predicted molar refractivity (Wildman–Crippen MR) is 68.2 cm³/mol. The molecule has 0 unspecified atom stereocenters. The van der Waals surface area contributed by atoms with Gasteiger partial charge in [-0.3, -0.25) is 0 Å². The zero-order valence-corrected chi connectivity index (χ0v) is 10.1. The van der Waals surface area contributed by atoms with Crippen LogP contribution in [0.4, 0.5) is 26.0 Å². The Morgan fingerprint density at radius 3 is 2.67 bits per heavy atom. The van der Waals surface area contributed by atoms with Gasteiger partial charge in [0.1, 0.15) is 17.3 Å². The summed E-state index contributed by atoms with van der Waals surface area (Å²) in [6.45, 7) is 1.59. The Kier molecular flexibility index (Phi) is 3.41. The van der Waals surface area contributed by atoms with Crippen molar-refractivity contribution < 1.29 is 8.78 Å². The van der Waals surface area contributed by atoms with Crippen molar-refractivity contribution in [1.82, 2.24) is 4.98 Å². The molecule has 0 atom stereocenters. The standard InChI is InChI=1S/C13H13F2N3/c1-8-3-4-10(14)13(12(8)15)18-9-5-6-17-11(7-9)16-2/h3-7H,1-2H3,(H2,16,17,18). The molecule has 0 saturated heterocycles. The number of nitrogens with zero attached hydrogens (tertiary/aromatic N) is 1. The molecule has 0 aliphatic carbocycles. The van der Waals surface area contributed by atoms with Crippen molar-refractivity contribution in [2.75, 3.05) is 17.7 Å². The molecule has 0 spiro atoms.